The third-order valence-electron chi connectivity index (χ3n) is 1.14. The first-order chi connectivity index (χ1) is 4.93. The molecule has 0 fully saturated rings. The molecule has 0 heterocycles. The molecule has 1 rings (SSSR count). The summed E-state index contributed by atoms with van der Waals surface area (Å²) in [5.74, 6) is 0. The van der Waals surface area contributed by atoms with E-state index in [0.29, 0.717) is 6.61 Å². The van der Waals surface area contributed by atoms with E-state index >= 15 is 0 Å². The molecular formula is C7H8BrNO. The van der Waals surface area contributed by atoms with E-state index in [9.17, 15) is 0 Å². The van der Waals surface area contributed by atoms with E-state index in [0.717, 1.165) is 5.56 Å². The van der Waals surface area contributed by atoms with Crippen LogP contribution in [0.5, 0.6) is 0 Å². The van der Waals surface area contributed by atoms with Crippen LogP contribution in [0, 0.1) is 0 Å². The predicted octanol–water partition coefficient (Wildman–Crippen LogP) is 2.02. The van der Waals surface area contributed by atoms with Crippen molar-refractivity contribution in [2.24, 2.45) is 0 Å². The molecule has 0 amide bonds. The zero-order valence-corrected chi connectivity index (χ0v) is 6.97. The highest BCUT2D eigenvalue weighted by Crippen LogP contribution is 1.98. The van der Waals surface area contributed by atoms with Crippen molar-refractivity contribution in [3.05, 3.63) is 35.9 Å². The Labute approximate surface area is 68.5 Å². The number of rotatable bonds is 3. The number of benzene rings is 1. The molecule has 0 aliphatic heterocycles. The van der Waals surface area contributed by atoms with Gasteiger partial charge in [-0.15, -0.1) is 4.51 Å². The Kier molecular flexibility index (Phi) is 3.43. The average Bonchev–Trinajstić information content (AvgIpc) is 2.03. The second-order valence-corrected chi connectivity index (χ2v) is 2.18. The molecule has 0 aliphatic rings. The summed E-state index contributed by atoms with van der Waals surface area (Å²) in [6, 6.07) is 9.94. The van der Waals surface area contributed by atoms with Crippen molar-refractivity contribution in [3.63, 3.8) is 0 Å². The summed E-state index contributed by atoms with van der Waals surface area (Å²) in [6.07, 6.45) is 0. The van der Waals surface area contributed by atoms with Gasteiger partial charge in [-0.1, -0.05) is 30.3 Å². The van der Waals surface area contributed by atoms with E-state index in [-0.39, 0.29) is 0 Å². The lowest BCUT2D eigenvalue weighted by molar-refractivity contribution is 0.0921. The topological polar surface area (TPSA) is 21.3 Å². The van der Waals surface area contributed by atoms with Gasteiger partial charge in [-0.05, 0) is 5.56 Å². The molecular weight excluding hydrogens is 194 g/mol. The van der Waals surface area contributed by atoms with Gasteiger partial charge >= 0.3 is 0 Å². The summed E-state index contributed by atoms with van der Waals surface area (Å²) >= 11 is 2.93. The lowest BCUT2D eigenvalue weighted by Gasteiger charge is -1.98. The largest absolute Gasteiger partial charge is 0.286 e. The molecule has 0 radical (unpaired) electrons. The van der Waals surface area contributed by atoms with Crippen LogP contribution < -0.4 is 4.51 Å². The van der Waals surface area contributed by atoms with E-state index in [1.54, 1.807) is 0 Å². The molecule has 0 aromatic heterocycles. The molecule has 2 nitrogen and oxygen atoms in total. The van der Waals surface area contributed by atoms with Crippen LogP contribution in [0.1, 0.15) is 5.56 Å². The third kappa shape index (κ3) is 2.47. The normalized spacial score (nSPS) is 9.70. The molecule has 54 valence electrons. The Hall–Kier alpha value is -0.380. The minimum Gasteiger partial charge on any atom is -0.286 e. The van der Waals surface area contributed by atoms with Crippen molar-refractivity contribution >= 4 is 16.1 Å². The van der Waals surface area contributed by atoms with Gasteiger partial charge in [-0.2, -0.15) is 0 Å². The second-order valence-electron chi connectivity index (χ2n) is 1.85. The number of halogens is 1. The fourth-order valence-corrected chi connectivity index (χ4v) is 0.799. The number of hydrogen-bond acceptors (Lipinski definition) is 2. The fraction of sp³-hybridized carbons (Fsp3) is 0.143. The summed E-state index contributed by atoms with van der Waals surface area (Å²) in [7, 11) is 0. The van der Waals surface area contributed by atoms with Crippen LogP contribution >= 0.6 is 16.1 Å². The summed E-state index contributed by atoms with van der Waals surface area (Å²) < 4.78 is 2.43. The predicted molar refractivity (Wildman–Crippen MR) is 43.3 cm³/mol. The number of hydrogen-bond donors (Lipinski definition) is 1. The molecule has 0 saturated heterocycles. The van der Waals surface area contributed by atoms with Gasteiger partial charge in [-0.3, -0.25) is 4.84 Å². The first kappa shape index (κ1) is 7.72. The highest BCUT2D eigenvalue weighted by atomic mass is 79.9. The van der Waals surface area contributed by atoms with Gasteiger partial charge in [-0.25, -0.2) is 0 Å². The molecule has 1 aromatic carbocycles. The van der Waals surface area contributed by atoms with Gasteiger partial charge in [0.15, 0.2) is 0 Å². The molecule has 0 aliphatic carbocycles. The zero-order chi connectivity index (χ0) is 7.23. The van der Waals surface area contributed by atoms with Crippen molar-refractivity contribution < 1.29 is 4.84 Å². The van der Waals surface area contributed by atoms with E-state index in [1.807, 2.05) is 30.3 Å². The lowest BCUT2D eigenvalue weighted by atomic mass is 10.2. The van der Waals surface area contributed by atoms with Gasteiger partial charge < -0.3 is 0 Å². The van der Waals surface area contributed by atoms with Crippen molar-refractivity contribution in [3.8, 4) is 0 Å². The minimum absolute atomic E-state index is 0.575. The lowest BCUT2D eigenvalue weighted by Crippen LogP contribution is -1.99. The molecule has 0 saturated carbocycles. The summed E-state index contributed by atoms with van der Waals surface area (Å²) in [6.45, 7) is 0.575. The van der Waals surface area contributed by atoms with Crippen molar-refractivity contribution in [2.75, 3.05) is 0 Å². The van der Waals surface area contributed by atoms with Crippen LogP contribution in [0.15, 0.2) is 30.3 Å². The first-order valence-electron chi connectivity index (χ1n) is 2.95. The van der Waals surface area contributed by atoms with Crippen LogP contribution in [-0.4, -0.2) is 0 Å². The van der Waals surface area contributed by atoms with Gasteiger partial charge in [0.1, 0.15) is 0 Å². The smallest absolute Gasteiger partial charge is 0.0943 e. The highest BCUT2D eigenvalue weighted by molar-refractivity contribution is 9.07. The van der Waals surface area contributed by atoms with E-state index in [1.165, 1.54) is 0 Å². The van der Waals surface area contributed by atoms with E-state index in [4.69, 9.17) is 4.84 Å². The van der Waals surface area contributed by atoms with Crippen LogP contribution in [0.4, 0.5) is 0 Å². The molecule has 0 unspecified atom stereocenters. The molecule has 0 spiro atoms. The van der Waals surface area contributed by atoms with Crippen LogP contribution in [0.2, 0.25) is 0 Å². The molecule has 1 aromatic rings. The standard InChI is InChI=1S/C7H8BrNO/c8-9-10-6-7-4-2-1-3-5-7/h1-5,9H,6H2. The maximum Gasteiger partial charge on any atom is 0.0943 e. The zero-order valence-electron chi connectivity index (χ0n) is 5.38. The van der Waals surface area contributed by atoms with Crippen molar-refractivity contribution in [1.82, 2.24) is 4.51 Å². The van der Waals surface area contributed by atoms with Crippen molar-refractivity contribution in [1.29, 1.82) is 0 Å². The average molecular weight is 202 g/mol. The quantitative estimate of drug-likeness (QED) is 0.597. The van der Waals surface area contributed by atoms with Gasteiger partial charge in [0.05, 0.1) is 6.61 Å². The van der Waals surface area contributed by atoms with Crippen molar-refractivity contribution in [2.45, 2.75) is 6.61 Å². The molecule has 0 bridgehead atoms. The van der Waals surface area contributed by atoms with Gasteiger partial charge in [0.25, 0.3) is 0 Å². The summed E-state index contributed by atoms with van der Waals surface area (Å²) in [5.41, 5.74) is 1.15. The van der Waals surface area contributed by atoms with Gasteiger partial charge in [0, 0.05) is 16.1 Å². The molecule has 1 N–H and O–H groups in total. The monoisotopic (exact) mass is 201 g/mol. The second kappa shape index (κ2) is 4.44. The Bertz CT molecular complexity index is 178. The maximum atomic E-state index is 4.89. The molecule has 3 heteroatoms. The minimum atomic E-state index is 0.575. The fourth-order valence-electron chi connectivity index (χ4n) is 0.685. The summed E-state index contributed by atoms with van der Waals surface area (Å²) in [5, 5.41) is 0. The third-order valence-corrected chi connectivity index (χ3v) is 1.37. The Balaban J connectivity index is 2.43. The van der Waals surface area contributed by atoms with E-state index in [2.05, 4.69) is 20.7 Å². The summed E-state index contributed by atoms with van der Waals surface area (Å²) in [4.78, 5) is 4.89. The molecule has 0 atom stereocenters. The van der Waals surface area contributed by atoms with Crippen LogP contribution in [-0.2, 0) is 11.4 Å². The van der Waals surface area contributed by atoms with Crippen LogP contribution in [0.3, 0.4) is 0 Å². The SMILES string of the molecule is BrNOCc1ccccc1. The first-order valence-corrected chi connectivity index (χ1v) is 3.74. The number of nitrogens with one attached hydrogen (secondary N) is 1. The van der Waals surface area contributed by atoms with Crippen LogP contribution in [0.25, 0.3) is 0 Å². The Morgan fingerprint density at radius 2 is 2.00 bits per heavy atom. The molecule has 10 heavy (non-hydrogen) atoms. The van der Waals surface area contributed by atoms with Gasteiger partial charge in [0.2, 0.25) is 0 Å². The van der Waals surface area contributed by atoms with E-state index < -0.39 is 0 Å². The highest BCUT2D eigenvalue weighted by Gasteiger charge is 1.87. The Morgan fingerprint density at radius 1 is 1.30 bits per heavy atom. The Morgan fingerprint density at radius 3 is 2.60 bits per heavy atom. The maximum absolute atomic E-state index is 4.89.